The number of fused-ring (bicyclic) bond motifs is 5. The molecule has 0 spiro atoms. The summed E-state index contributed by atoms with van der Waals surface area (Å²) in [4.78, 5) is 0. The molecule has 1 unspecified atom stereocenters. The van der Waals surface area contributed by atoms with Crippen molar-refractivity contribution in [2.24, 2.45) is 28.4 Å². The lowest BCUT2D eigenvalue weighted by Crippen LogP contribution is -2.54. The van der Waals surface area contributed by atoms with Crippen LogP contribution in [-0.4, -0.2) is 19.0 Å². The maximum atomic E-state index is 14.8. The van der Waals surface area contributed by atoms with E-state index in [0.29, 0.717) is 18.3 Å². The number of ether oxygens (including phenoxy) is 1. The van der Waals surface area contributed by atoms with Gasteiger partial charge in [-0.25, -0.2) is 4.39 Å². The third-order valence-corrected chi connectivity index (χ3v) is 7.17. The SMILES string of the molecule is C[C@]12COCCC1=CC=C1[C@H]2CC[C@@]2(C)[C@H]1CCC2(N)F. The Morgan fingerprint density at radius 1 is 1.19 bits per heavy atom. The van der Waals surface area contributed by atoms with Gasteiger partial charge in [-0.3, -0.25) is 5.73 Å². The molecule has 0 bridgehead atoms. The molecule has 116 valence electrons. The van der Waals surface area contributed by atoms with Gasteiger partial charge in [-0.1, -0.05) is 37.1 Å². The summed E-state index contributed by atoms with van der Waals surface area (Å²) in [7, 11) is 0. The highest BCUT2D eigenvalue weighted by atomic mass is 19.1. The van der Waals surface area contributed by atoms with E-state index >= 15 is 0 Å². The molecule has 3 fully saturated rings. The fraction of sp³-hybridized carbons (Fsp3) is 0.778. The molecule has 4 rings (SSSR count). The molecule has 1 aliphatic heterocycles. The highest BCUT2D eigenvalue weighted by Crippen LogP contribution is 2.64. The first kappa shape index (κ1) is 14.0. The van der Waals surface area contributed by atoms with E-state index in [2.05, 4.69) is 26.0 Å². The van der Waals surface area contributed by atoms with Crippen LogP contribution in [0.15, 0.2) is 23.3 Å². The number of hydrogen-bond donors (Lipinski definition) is 1. The number of alkyl halides is 1. The van der Waals surface area contributed by atoms with E-state index in [9.17, 15) is 4.39 Å². The summed E-state index contributed by atoms with van der Waals surface area (Å²) < 4.78 is 20.6. The number of hydrogen-bond acceptors (Lipinski definition) is 2. The molecule has 0 aromatic heterocycles. The minimum Gasteiger partial charge on any atom is -0.380 e. The Kier molecular flexibility index (Phi) is 2.79. The molecule has 0 aromatic carbocycles. The molecule has 3 aliphatic carbocycles. The molecule has 3 heteroatoms. The Morgan fingerprint density at radius 2 is 1.95 bits per heavy atom. The monoisotopic (exact) mass is 291 g/mol. The summed E-state index contributed by atoms with van der Waals surface area (Å²) in [6.45, 7) is 6.07. The van der Waals surface area contributed by atoms with E-state index in [1.807, 2.05) is 0 Å². The van der Waals surface area contributed by atoms with Gasteiger partial charge in [0, 0.05) is 10.8 Å². The molecular formula is C18H26FNO. The molecule has 2 saturated carbocycles. The van der Waals surface area contributed by atoms with Crippen LogP contribution in [0.25, 0.3) is 0 Å². The normalized spacial score (nSPS) is 52.4. The van der Waals surface area contributed by atoms with Gasteiger partial charge in [0.05, 0.1) is 13.2 Å². The molecule has 4 aliphatic rings. The van der Waals surface area contributed by atoms with Crippen LogP contribution in [0.4, 0.5) is 4.39 Å². The van der Waals surface area contributed by atoms with Crippen LogP contribution in [0.2, 0.25) is 0 Å². The van der Waals surface area contributed by atoms with Crippen LogP contribution in [-0.2, 0) is 4.74 Å². The van der Waals surface area contributed by atoms with Crippen molar-refractivity contribution in [3.05, 3.63) is 23.3 Å². The first-order chi connectivity index (χ1) is 9.88. The Bertz CT molecular complexity index is 537. The number of allylic oxidation sites excluding steroid dienone is 3. The van der Waals surface area contributed by atoms with E-state index in [0.717, 1.165) is 38.9 Å². The molecule has 0 aromatic rings. The highest BCUT2D eigenvalue weighted by molar-refractivity contribution is 5.39. The van der Waals surface area contributed by atoms with Crippen molar-refractivity contribution < 1.29 is 9.13 Å². The Balaban J connectivity index is 1.76. The molecule has 1 heterocycles. The topological polar surface area (TPSA) is 35.2 Å². The number of rotatable bonds is 0. The Hall–Kier alpha value is -0.670. The van der Waals surface area contributed by atoms with Crippen LogP contribution < -0.4 is 5.73 Å². The van der Waals surface area contributed by atoms with Gasteiger partial charge in [-0.2, -0.15) is 0 Å². The summed E-state index contributed by atoms with van der Waals surface area (Å²) in [5.41, 5.74) is 8.74. The lowest BCUT2D eigenvalue weighted by Gasteiger charge is -2.54. The second-order valence-corrected chi connectivity index (χ2v) is 8.04. The lowest BCUT2D eigenvalue weighted by atomic mass is 9.53. The fourth-order valence-electron chi connectivity index (χ4n) is 5.58. The van der Waals surface area contributed by atoms with Crippen LogP contribution in [0.1, 0.15) is 46.0 Å². The summed E-state index contributed by atoms with van der Waals surface area (Å²) in [6, 6.07) is 0. The van der Waals surface area contributed by atoms with E-state index in [1.54, 1.807) is 0 Å². The maximum Gasteiger partial charge on any atom is 0.165 e. The van der Waals surface area contributed by atoms with Crippen LogP contribution in [0, 0.1) is 22.7 Å². The molecule has 5 atom stereocenters. The van der Waals surface area contributed by atoms with Crippen molar-refractivity contribution in [3.8, 4) is 0 Å². The standard InChI is InChI=1S/C18H26FNO/c1-16-11-21-10-7-12(16)3-4-13-14(16)5-8-17(2)15(13)6-9-18(17,19)20/h3-4,14-15H,5-11,20H2,1-2H3/t14-,15+,16+,17+,18?/m1/s1. The molecule has 0 radical (unpaired) electrons. The minimum atomic E-state index is -1.50. The third kappa shape index (κ3) is 1.65. The average Bonchev–Trinajstić information content (AvgIpc) is 2.69. The van der Waals surface area contributed by atoms with Crippen molar-refractivity contribution >= 4 is 0 Å². The molecule has 2 nitrogen and oxygen atoms in total. The van der Waals surface area contributed by atoms with Gasteiger partial charge in [0.25, 0.3) is 0 Å². The van der Waals surface area contributed by atoms with Gasteiger partial charge in [-0.15, -0.1) is 0 Å². The van der Waals surface area contributed by atoms with Crippen LogP contribution >= 0.6 is 0 Å². The third-order valence-electron chi connectivity index (χ3n) is 7.17. The molecular weight excluding hydrogens is 265 g/mol. The summed E-state index contributed by atoms with van der Waals surface area (Å²) in [5.74, 6) is -0.676. The zero-order chi connectivity index (χ0) is 14.9. The smallest absolute Gasteiger partial charge is 0.165 e. The molecule has 21 heavy (non-hydrogen) atoms. The van der Waals surface area contributed by atoms with Crippen molar-refractivity contribution in [2.75, 3.05) is 13.2 Å². The van der Waals surface area contributed by atoms with Gasteiger partial charge >= 0.3 is 0 Å². The van der Waals surface area contributed by atoms with Gasteiger partial charge < -0.3 is 4.74 Å². The second kappa shape index (κ2) is 4.20. The number of nitrogens with two attached hydrogens (primary N) is 1. The predicted molar refractivity (Wildman–Crippen MR) is 81.3 cm³/mol. The van der Waals surface area contributed by atoms with E-state index in [1.165, 1.54) is 11.1 Å². The van der Waals surface area contributed by atoms with Crippen LogP contribution in [0.3, 0.4) is 0 Å². The zero-order valence-corrected chi connectivity index (χ0v) is 13.1. The summed E-state index contributed by atoms with van der Waals surface area (Å²) in [6.07, 6.45) is 8.98. The van der Waals surface area contributed by atoms with Crippen molar-refractivity contribution in [2.45, 2.75) is 51.7 Å². The average molecular weight is 291 g/mol. The highest BCUT2D eigenvalue weighted by Gasteiger charge is 2.61. The molecule has 2 N–H and O–H groups in total. The van der Waals surface area contributed by atoms with Gasteiger partial charge in [0.1, 0.15) is 0 Å². The predicted octanol–water partition coefficient (Wildman–Crippen LogP) is 3.73. The van der Waals surface area contributed by atoms with Crippen LogP contribution in [0.5, 0.6) is 0 Å². The van der Waals surface area contributed by atoms with Crippen molar-refractivity contribution in [1.29, 1.82) is 0 Å². The van der Waals surface area contributed by atoms with E-state index < -0.39 is 5.79 Å². The fourth-order valence-corrected chi connectivity index (χ4v) is 5.58. The largest absolute Gasteiger partial charge is 0.380 e. The first-order valence-corrected chi connectivity index (χ1v) is 8.35. The summed E-state index contributed by atoms with van der Waals surface area (Å²) in [5, 5.41) is 0. The summed E-state index contributed by atoms with van der Waals surface area (Å²) >= 11 is 0. The first-order valence-electron chi connectivity index (χ1n) is 8.35. The van der Waals surface area contributed by atoms with E-state index in [-0.39, 0.29) is 10.8 Å². The van der Waals surface area contributed by atoms with Gasteiger partial charge in [0.2, 0.25) is 0 Å². The Morgan fingerprint density at radius 3 is 2.76 bits per heavy atom. The second-order valence-electron chi connectivity index (χ2n) is 8.04. The van der Waals surface area contributed by atoms with Crippen molar-refractivity contribution in [3.63, 3.8) is 0 Å². The molecule has 1 saturated heterocycles. The number of halogens is 1. The van der Waals surface area contributed by atoms with Crippen molar-refractivity contribution in [1.82, 2.24) is 0 Å². The zero-order valence-electron chi connectivity index (χ0n) is 13.1. The van der Waals surface area contributed by atoms with Gasteiger partial charge in [-0.05, 0) is 43.9 Å². The maximum absolute atomic E-state index is 14.8. The lowest BCUT2D eigenvalue weighted by molar-refractivity contribution is -0.0377. The Labute approximate surface area is 126 Å². The quantitative estimate of drug-likeness (QED) is 0.690. The minimum absolute atomic E-state index is 0.125. The van der Waals surface area contributed by atoms with E-state index in [4.69, 9.17) is 10.5 Å². The molecule has 0 amide bonds. The van der Waals surface area contributed by atoms with Gasteiger partial charge in [0.15, 0.2) is 5.79 Å².